The Kier molecular flexibility index (Phi) is 29.7. The Morgan fingerprint density at radius 2 is 1.73 bits per heavy atom. The Morgan fingerprint density at radius 1 is 1.09 bits per heavy atom. The molecule has 0 radical (unpaired) electrons. The van der Waals surface area contributed by atoms with Crippen molar-refractivity contribution < 1.29 is 39.6 Å². The molecule has 0 aliphatic heterocycles. The Bertz CT molecular complexity index is 74.5. The molecule has 0 rings (SSSR count). The standard InChI is InChI=1S/C8H15.Ce.2ClH/c1-3-5-7-8-6-4-2;;;/h1,3H,4-8H2,2H3;;2*1H. The Balaban J connectivity index is -0.000000320. The van der Waals surface area contributed by atoms with Gasteiger partial charge in [0.2, 0.25) is 0 Å². The smallest absolute Gasteiger partial charge is 0.147 e. The van der Waals surface area contributed by atoms with E-state index < -0.39 is 0 Å². The van der Waals surface area contributed by atoms with Gasteiger partial charge in [-0.2, -0.15) is 0 Å². The van der Waals surface area contributed by atoms with Crippen molar-refractivity contribution in [2.75, 3.05) is 0 Å². The average molecular weight is 324 g/mol. The van der Waals surface area contributed by atoms with E-state index in [0.717, 1.165) is 0 Å². The molecule has 0 bridgehead atoms. The van der Waals surface area contributed by atoms with Crippen molar-refractivity contribution in [1.29, 1.82) is 0 Å². The SMILES string of the molecule is CCCCCCC=[CH][Ce].Cl.Cl. The van der Waals surface area contributed by atoms with Gasteiger partial charge in [-0.25, -0.2) is 0 Å². The van der Waals surface area contributed by atoms with E-state index in [4.69, 9.17) is 0 Å². The second kappa shape index (κ2) is 17.7. The monoisotopic (exact) mass is 323 g/mol. The van der Waals surface area contributed by atoms with Crippen LogP contribution in [0.5, 0.6) is 0 Å². The number of hydrogen-bond acceptors (Lipinski definition) is 0. The van der Waals surface area contributed by atoms with Gasteiger partial charge in [0.15, 0.2) is 0 Å². The van der Waals surface area contributed by atoms with Crippen LogP contribution >= 0.6 is 24.8 Å². The Morgan fingerprint density at radius 3 is 2.18 bits per heavy atom. The fraction of sp³-hybridized carbons (Fsp3) is 0.750. The first-order chi connectivity index (χ1) is 4.41. The minimum absolute atomic E-state index is 0. The number of halogens is 2. The normalized spacial score (nSPS) is 8.73. The molecule has 0 unspecified atom stereocenters. The third kappa shape index (κ3) is 18.6. The molecule has 0 aromatic carbocycles. The van der Waals surface area contributed by atoms with Gasteiger partial charge in [-0.1, -0.05) is 0 Å². The summed E-state index contributed by atoms with van der Waals surface area (Å²) in [5.41, 5.74) is 0. The van der Waals surface area contributed by atoms with E-state index in [2.05, 4.69) is 14.6 Å². The molecular formula is C8H17CeCl2. The van der Waals surface area contributed by atoms with Crippen LogP contribution in [0.15, 0.2) is 7.67 Å². The number of allylic oxidation sites excluding steroid dienone is 1. The van der Waals surface area contributed by atoms with Gasteiger partial charge in [0.1, 0.15) is 0 Å². The van der Waals surface area contributed by atoms with Crippen LogP contribution in [0.2, 0.25) is 0 Å². The van der Waals surface area contributed by atoms with Crippen LogP contribution in [-0.2, 0) is 0 Å². The quantitative estimate of drug-likeness (QED) is 0.674. The molecule has 0 aromatic heterocycles. The van der Waals surface area contributed by atoms with Gasteiger partial charge < -0.3 is 0 Å². The van der Waals surface area contributed by atoms with Crippen molar-refractivity contribution in [1.82, 2.24) is 0 Å². The molecule has 3 heteroatoms. The van der Waals surface area contributed by atoms with Crippen molar-refractivity contribution in [3.05, 3.63) is 7.67 Å². The van der Waals surface area contributed by atoms with Gasteiger partial charge in [0.25, 0.3) is 0 Å². The molecule has 0 nitrogen and oxygen atoms in total. The summed E-state index contributed by atoms with van der Waals surface area (Å²) in [7, 11) is 0. The third-order valence-electron chi connectivity index (χ3n) is 1.34. The van der Waals surface area contributed by atoms with Crippen molar-refractivity contribution in [3.63, 3.8) is 0 Å². The number of hydrogen-bond donors (Lipinski definition) is 0. The molecule has 0 fully saturated rings. The second-order valence-corrected chi connectivity index (χ2v) is 3.30. The van der Waals surface area contributed by atoms with Gasteiger partial charge in [-0.15, -0.1) is 24.8 Å². The number of unbranched alkanes of at least 4 members (excludes halogenated alkanes) is 4. The van der Waals surface area contributed by atoms with E-state index in [1.807, 2.05) is 0 Å². The van der Waals surface area contributed by atoms with Gasteiger partial charge in [-0.3, -0.25) is 0 Å². The summed E-state index contributed by atoms with van der Waals surface area (Å²) < 4.78 is 2.27. The summed E-state index contributed by atoms with van der Waals surface area (Å²) in [6, 6.07) is 0. The van der Waals surface area contributed by atoms with Crippen LogP contribution in [0.1, 0.15) is 39.0 Å². The minimum atomic E-state index is 0. The first-order valence-corrected chi connectivity index (χ1v) is 5.55. The van der Waals surface area contributed by atoms with Crippen LogP contribution in [-0.4, -0.2) is 0 Å². The zero-order valence-corrected chi connectivity index (χ0v) is 11.8. The van der Waals surface area contributed by atoms with Gasteiger partial charge in [-0.05, 0) is 0 Å². The minimum Gasteiger partial charge on any atom is -0.147 e. The maximum atomic E-state index is 2.31. The molecule has 0 aliphatic carbocycles. The first-order valence-electron chi connectivity index (χ1n) is 3.74. The Hall–Kier alpha value is 1.70. The molecule has 0 aromatic rings. The van der Waals surface area contributed by atoms with Crippen molar-refractivity contribution >= 4 is 24.8 Å². The molecule has 0 amide bonds. The van der Waals surface area contributed by atoms with Crippen molar-refractivity contribution in [2.24, 2.45) is 0 Å². The van der Waals surface area contributed by atoms with E-state index in [1.165, 1.54) is 71.8 Å². The molecule has 67 valence electrons. The van der Waals surface area contributed by atoms with E-state index in [9.17, 15) is 0 Å². The summed E-state index contributed by atoms with van der Waals surface area (Å²) >= 11 is 1.23. The van der Waals surface area contributed by atoms with E-state index >= 15 is 0 Å². The van der Waals surface area contributed by atoms with Crippen molar-refractivity contribution in [3.8, 4) is 0 Å². The van der Waals surface area contributed by atoms with Crippen LogP contribution in [0, 0.1) is 39.6 Å². The van der Waals surface area contributed by atoms with Crippen LogP contribution < -0.4 is 0 Å². The van der Waals surface area contributed by atoms with E-state index in [-0.39, 0.29) is 24.8 Å². The maximum Gasteiger partial charge on any atom is -0.147 e. The molecular weight excluding hydrogens is 307 g/mol. The summed E-state index contributed by atoms with van der Waals surface area (Å²) in [6.07, 6.45) is 9.19. The van der Waals surface area contributed by atoms with E-state index in [0.29, 0.717) is 0 Å². The van der Waals surface area contributed by atoms with Gasteiger partial charge >= 0.3 is 86.3 Å². The predicted molar refractivity (Wildman–Crippen MR) is 52.4 cm³/mol. The van der Waals surface area contributed by atoms with Crippen LogP contribution in [0.25, 0.3) is 0 Å². The third-order valence-corrected chi connectivity index (χ3v) is 2.08. The first kappa shape index (κ1) is 18.5. The van der Waals surface area contributed by atoms with Crippen molar-refractivity contribution in [2.45, 2.75) is 39.0 Å². The molecule has 11 heavy (non-hydrogen) atoms. The fourth-order valence-electron chi connectivity index (χ4n) is 0.772. The number of rotatable bonds is 5. The summed E-state index contributed by atoms with van der Waals surface area (Å²) in [5, 5.41) is 0. The molecule has 0 N–H and O–H groups in total. The zero-order valence-electron chi connectivity index (χ0n) is 7.01. The van der Waals surface area contributed by atoms with Gasteiger partial charge in [0, 0.05) is 0 Å². The molecule has 0 heterocycles. The second-order valence-electron chi connectivity index (χ2n) is 2.25. The fourth-order valence-corrected chi connectivity index (χ4v) is 1.30. The molecule has 0 spiro atoms. The molecule has 0 aliphatic rings. The maximum absolute atomic E-state index is 2.31. The molecule has 0 saturated heterocycles. The summed E-state index contributed by atoms with van der Waals surface area (Å²) in [5.74, 6) is 0. The van der Waals surface area contributed by atoms with Crippen LogP contribution in [0.3, 0.4) is 0 Å². The predicted octanol–water partition coefficient (Wildman–Crippen LogP) is 3.86. The molecule has 0 saturated carbocycles. The zero-order chi connectivity index (χ0) is 6.95. The van der Waals surface area contributed by atoms with Gasteiger partial charge in [0.05, 0.1) is 0 Å². The average Bonchev–Trinajstić information content (AvgIpc) is 1.89. The summed E-state index contributed by atoms with van der Waals surface area (Å²) in [4.78, 5) is 0. The van der Waals surface area contributed by atoms with Crippen LogP contribution in [0.4, 0.5) is 0 Å². The van der Waals surface area contributed by atoms with E-state index in [1.54, 1.807) is 0 Å². The Labute approximate surface area is 110 Å². The largest absolute Gasteiger partial charge is 0.147 e. The topological polar surface area (TPSA) is 0 Å². The summed E-state index contributed by atoms with van der Waals surface area (Å²) in [6.45, 7) is 2.25. The molecule has 0 atom stereocenters.